The van der Waals surface area contributed by atoms with Crippen molar-refractivity contribution in [1.29, 1.82) is 0 Å². The minimum absolute atomic E-state index is 0.577. The van der Waals surface area contributed by atoms with Crippen LogP contribution in [-0.2, 0) is 0 Å². The summed E-state index contributed by atoms with van der Waals surface area (Å²) < 4.78 is 1.38. The van der Waals surface area contributed by atoms with E-state index in [1.165, 1.54) is 15.6 Å². The summed E-state index contributed by atoms with van der Waals surface area (Å²) in [6.07, 6.45) is 1.30. The zero-order valence-corrected chi connectivity index (χ0v) is 9.91. The Hall–Kier alpha value is -0.0900. The number of halogens is 1. The third kappa shape index (κ3) is 1.89. The molecule has 1 aliphatic heterocycles. The molecule has 1 nitrogen and oxygen atoms in total. The second-order valence-corrected chi connectivity index (χ2v) is 4.88. The minimum Gasteiger partial charge on any atom is -0.310 e. The van der Waals surface area contributed by atoms with Crippen molar-refractivity contribution in [2.45, 2.75) is 19.4 Å². The highest BCUT2D eigenvalue weighted by molar-refractivity contribution is 14.1. The highest BCUT2D eigenvalue weighted by Crippen LogP contribution is 2.31. The lowest BCUT2D eigenvalue weighted by Gasteiger charge is -2.17. The molecule has 1 N–H and O–H groups in total. The van der Waals surface area contributed by atoms with Crippen molar-refractivity contribution in [2.75, 3.05) is 6.54 Å². The molecule has 2 heteroatoms. The molecule has 1 saturated heterocycles. The van der Waals surface area contributed by atoms with Crippen molar-refractivity contribution in [3.8, 4) is 0 Å². The maximum absolute atomic E-state index is 3.56. The van der Waals surface area contributed by atoms with Gasteiger partial charge in [-0.05, 0) is 53.1 Å². The van der Waals surface area contributed by atoms with E-state index in [4.69, 9.17) is 0 Å². The molecule has 1 aromatic carbocycles. The van der Waals surface area contributed by atoms with Gasteiger partial charge >= 0.3 is 0 Å². The van der Waals surface area contributed by atoms with E-state index in [-0.39, 0.29) is 0 Å². The molecule has 1 aliphatic rings. The van der Waals surface area contributed by atoms with Crippen LogP contribution in [0.5, 0.6) is 0 Å². The van der Waals surface area contributed by atoms with E-state index in [1.54, 1.807) is 0 Å². The fourth-order valence-corrected chi connectivity index (χ4v) is 2.70. The number of hydrogen-bond acceptors (Lipinski definition) is 1. The molecular weight excluding hydrogens is 273 g/mol. The van der Waals surface area contributed by atoms with E-state index >= 15 is 0 Å². The first-order chi connectivity index (χ1) is 6.29. The predicted molar refractivity (Wildman–Crippen MR) is 63.7 cm³/mol. The summed E-state index contributed by atoms with van der Waals surface area (Å²) in [5.41, 5.74) is 1.47. The predicted octanol–water partition coefficient (Wildman–Crippen LogP) is 2.96. The molecule has 2 atom stereocenters. The number of rotatable bonds is 1. The third-order valence-corrected chi connectivity index (χ3v) is 3.76. The maximum atomic E-state index is 3.56. The molecule has 2 unspecified atom stereocenters. The maximum Gasteiger partial charge on any atom is 0.0357 e. The first-order valence-electron chi connectivity index (χ1n) is 4.77. The van der Waals surface area contributed by atoms with Gasteiger partial charge in [0.25, 0.3) is 0 Å². The first kappa shape index (κ1) is 9.46. The van der Waals surface area contributed by atoms with Crippen LogP contribution in [0.3, 0.4) is 0 Å². The summed E-state index contributed by atoms with van der Waals surface area (Å²) in [5, 5.41) is 3.56. The van der Waals surface area contributed by atoms with Gasteiger partial charge in [0.2, 0.25) is 0 Å². The van der Waals surface area contributed by atoms with Gasteiger partial charge in [0.05, 0.1) is 0 Å². The highest BCUT2D eigenvalue weighted by atomic mass is 127. The van der Waals surface area contributed by atoms with Crippen LogP contribution < -0.4 is 5.32 Å². The molecule has 0 aromatic heterocycles. The van der Waals surface area contributed by atoms with E-state index in [2.05, 4.69) is 59.1 Å². The van der Waals surface area contributed by atoms with Crippen LogP contribution >= 0.6 is 22.6 Å². The molecule has 1 heterocycles. The molecule has 0 spiro atoms. The number of nitrogens with one attached hydrogen (secondary N) is 1. The lowest BCUT2D eigenvalue weighted by atomic mass is 9.96. The van der Waals surface area contributed by atoms with Gasteiger partial charge in [-0.25, -0.2) is 0 Å². The lowest BCUT2D eigenvalue weighted by Crippen LogP contribution is -2.17. The normalized spacial score (nSPS) is 27.8. The average molecular weight is 287 g/mol. The Kier molecular flexibility index (Phi) is 2.89. The fourth-order valence-electron chi connectivity index (χ4n) is 1.98. The van der Waals surface area contributed by atoms with Crippen LogP contribution in [0.25, 0.3) is 0 Å². The molecule has 1 fully saturated rings. The van der Waals surface area contributed by atoms with Gasteiger partial charge in [-0.1, -0.05) is 25.1 Å². The van der Waals surface area contributed by atoms with Crippen LogP contribution in [0.1, 0.15) is 24.9 Å². The second kappa shape index (κ2) is 3.96. The van der Waals surface area contributed by atoms with Gasteiger partial charge < -0.3 is 5.32 Å². The van der Waals surface area contributed by atoms with Crippen molar-refractivity contribution < 1.29 is 0 Å². The standard InChI is InChI=1S/C11H14IN/c1-8-6-7-13-11(8)9-4-2-3-5-10(9)12/h2-5,8,11,13H,6-7H2,1H3. The Bertz CT molecular complexity index is 298. The molecule has 1 aromatic rings. The van der Waals surface area contributed by atoms with Crippen LogP contribution in [0.4, 0.5) is 0 Å². The van der Waals surface area contributed by atoms with Crippen LogP contribution in [0.15, 0.2) is 24.3 Å². The Morgan fingerprint density at radius 2 is 2.15 bits per heavy atom. The van der Waals surface area contributed by atoms with Crippen molar-refractivity contribution >= 4 is 22.6 Å². The smallest absolute Gasteiger partial charge is 0.0357 e. The van der Waals surface area contributed by atoms with Crippen LogP contribution in [0, 0.1) is 9.49 Å². The van der Waals surface area contributed by atoms with E-state index in [1.807, 2.05) is 0 Å². The van der Waals surface area contributed by atoms with Gasteiger partial charge in [-0.2, -0.15) is 0 Å². The summed E-state index contributed by atoms with van der Waals surface area (Å²) in [4.78, 5) is 0. The Morgan fingerprint density at radius 1 is 1.38 bits per heavy atom. The van der Waals surface area contributed by atoms with Gasteiger partial charge in [0, 0.05) is 9.61 Å². The molecule has 70 valence electrons. The van der Waals surface area contributed by atoms with Gasteiger partial charge in [-0.15, -0.1) is 0 Å². The monoisotopic (exact) mass is 287 g/mol. The summed E-state index contributed by atoms with van der Waals surface area (Å²) in [6.45, 7) is 3.49. The van der Waals surface area contributed by atoms with Crippen molar-refractivity contribution in [1.82, 2.24) is 5.32 Å². The van der Waals surface area contributed by atoms with Crippen molar-refractivity contribution in [3.05, 3.63) is 33.4 Å². The summed E-state index contributed by atoms with van der Waals surface area (Å²) in [5.74, 6) is 0.774. The van der Waals surface area contributed by atoms with Gasteiger partial charge in [-0.3, -0.25) is 0 Å². The molecular formula is C11H14IN. The van der Waals surface area contributed by atoms with E-state index in [0.717, 1.165) is 12.5 Å². The lowest BCUT2D eigenvalue weighted by molar-refractivity contribution is 0.502. The SMILES string of the molecule is CC1CCNC1c1ccccc1I. The van der Waals surface area contributed by atoms with Gasteiger partial charge in [0.1, 0.15) is 0 Å². The average Bonchev–Trinajstić information content (AvgIpc) is 2.52. The van der Waals surface area contributed by atoms with Crippen LogP contribution in [0.2, 0.25) is 0 Å². The first-order valence-corrected chi connectivity index (χ1v) is 5.84. The number of hydrogen-bond donors (Lipinski definition) is 1. The molecule has 0 bridgehead atoms. The molecule has 0 radical (unpaired) electrons. The molecule has 13 heavy (non-hydrogen) atoms. The fraction of sp³-hybridized carbons (Fsp3) is 0.455. The Morgan fingerprint density at radius 3 is 2.77 bits per heavy atom. The van der Waals surface area contributed by atoms with E-state index < -0.39 is 0 Å². The van der Waals surface area contributed by atoms with Crippen molar-refractivity contribution in [3.63, 3.8) is 0 Å². The summed E-state index contributed by atoms with van der Waals surface area (Å²) in [6, 6.07) is 9.23. The van der Waals surface area contributed by atoms with Gasteiger partial charge in [0.15, 0.2) is 0 Å². The summed E-state index contributed by atoms with van der Waals surface area (Å²) in [7, 11) is 0. The second-order valence-electron chi connectivity index (χ2n) is 3.72. The van der Waals surface area contributed by atoms with E-state index in [0.29, 0.717) is 6.04 Å². The zero-order valence-electron chi connectivity index (χ0n) is 7.76. The highest BCUT2D eigenvalue weighted by Gasteiger charge is 2.25. The molecule has 2 rings (SSSR count). The van der Waals surface area contributed by atoms with Crippen LogP contribution in [-0.4, -0.2) is 6.54 Å². The quantitative estimate of drug-likeness (QED) is 0.783. The number of benzene rings is 1. The Labute approximate surface area is 93.1 Å². The zero-order chi connectivity index (χ0) is 9.26. The molecule has 0 saturated carbocycles. The van der Waals surface area contributed by atoms with Crippen molar-refractivity contribution in [2.24, 2.45) is 5.92 Å². The molecule has 0 aliphatic carbocycles. The Balaban J connectivity index is 2.29. The summed E-state index contributed by atoms with van der Waals surface area (Å²) >= 11 is 2.42. The third-order valence-electron chi connectivity index (χ3n) is 2.77. The largest absolute Gasteiger partial charge is 0.310 e. The van der Waals surface area contributed by atoms with E-state index in [9.17, 15) is 0 Å². The topological polar surface area (TPSA) is 12.0 Å². The minimum atomic E-state index is 0.577. The molecule has 0 amide bonds.